The zero-order valence-electron chi connectivity index (χ0n) is 13.5. The van der Waals surface area contributed by atoms with E-state index in [0.717, 1.165) is 16.5 Å². The van der Waals surface area contributed by atoms with Gasteiger partial charge in [0.25, 0.3) is 5.91 Å². The van der Waals surface area contributed by atoms with E-state index < -0.39 is 0 Å². The number of pyridine rings is 1. The first kappa shape index (κ1) is 15.7. The van der Waals surface area contributed by atoms with Gasteiger partial charge in [0.05, 0.1) is 11.1 Å². The molecule has 0 aliphatic rings. The van der Waals surface area contributed by atoms with Crippen LogP contribution in [0.5, 0.6) is 0 Å². The fourth-order valence-electron chi connectivity index (χ4n) is 2.58. The van der Waals surface area contributed by atoms with Crippen LogP contribution in [0.3, 0.4) is 0 Å². The number of hydrogen-bond acceptors (Lipinski definition) is 3. The molecule has 120 valence electrons. The zero-order valence-corrected chi connectivity index (χ0v) is 13.5. The number of carbonyl (C=O) groups excluding carboxylic acids is 2. The predicted octanol–water partition coefficient (Wildman–Crippen LogP) is 3.75. The maximum atomic E-state index is 12.7. The fraction of sp³-hybridized carbons (Fsp3) is 0.105. The molecular weight excluding hydrogens is 302 g/mol. The molecule has 5 heteroatoms. The highest BCUT2D eigenvalue weighted by Crippen LogP contribution is 2.25. The van der Waals surface area contributed by atoms with Gasteiger partial charge >= 0.3 is 0 Å². The van der Waals surface area contributed by atoms with Crippen LogP contribution in [0.25, 0.3) is 10.9 Å². The lowest BCUT2D eigenvalue weighted by atomic mass is 10.1. The van der Waals surface area contributed by atoms with Crippen molar-refractivity contribution in [1.29, 1.82) is 0 Å². The molecule has 0 saturated heterocycles. The quantitative estimate of drug-likeness (QED) is 0.772. The number of para-hydroxylation sites is 1. The summed E-state index contributed by atoms with van der Waals surface area (Å²) in [6.07, 6.45) is 1.62. The van der Waals surface area contributed by atoms with Crippen LogP contribution in [0, 0.1) is 6.92 Å². The average Bonchev–Trinajstić information content (AvgIpc) is 2.57. The molecule has 0 spiro atoms. The Labute approximate surface area is 139 Å². The Morgan fingerprint density at radius 2 is 1.62 bits per heavy atom. The molecule has 0 unspecified atom stereocenters. The van der Waals surface area contributed by atoms with Crippen LogP contribution in [-0.2, 0) is 4.79 Å². The number of nitrogens with one attached hydrogen (secondary N) is 2. The lowest BCUT2D eigenvalue weighted by Gasteiger charge is -2.13. The molecule has 0 atom stereocenters. The number of nitrogens with zero attached hydrogens (tertiary/aromatic N) is 1. The minimum absolute atomic E-state index is 0.151. The Morgan fingerprint density at radius 1 is 0.917 bits per heavy atom. The molecule has 0 radical (unpaired) electrons. The van der Waals surface area contributed by atoms with E-state index in [0.29, 0.717) is 16.9 Å². The van der Waals surface area contributed by atoms with E-state index in [4.69, 9.17) is 0 Å². The maximum Gasteiger partial charge on any atom is 0.256 e. The van der Waals surface area contributed by atoms with Crippen molar-refractivity contribution in [2.75, 3.05) is 10.6 Å². The summed E-state index contributed by atoms with van der Waals surface area (Å²) in [4.78, 5) is 28.2. The van der Waals surface area contributed by atoms with Crippen molar-refractivity contribution in [3.8, 4) is 0 Å². The molecule has 0 fully saturated rings. The first-order valence-corrected chi connectivity index (χ1v) is 7.58. The number of anilines is 2. The summed E-state index contributed by atoms with van der Waals surface area (Å²) in [7, 11) is 0. The first-order valence-electron chi connectivity index (χ1n) is 7.58. The van der Waals surface area contributed by atoms with Gasteiger partial charge in [0.2, 0.25) is 5.91 Å². The van der Waals surface area contributed by atoms with Gasteiger partial charge in [-0.2, -0.15) is 0 Å². The molecule has 1 heterocycles. The average molecular weight is 319 g/mol. The summed E-state index contributed by atoms with van der Waals surface area (Å²) in [5, 5.41) is 6.47. The predicted molar refractivity (Wildman–Crippen MR) is 95.2 cm³/mol. The number of aromatic nitrogens is 1. The van der Waals surface area contributed by atoms with E-state index in [1.54, 1.807) is 24.4 Å². The topological polar surface area (TPSA) is 71.1 Å². The summed E-state index contributed by atoms with van der Waals surface area (Å²) in [6, 6.07) is 14.6. The molecule has 0 aliphatic heterocycles. The molecule has 3 aromatic rings. The minimum Gasteiger partial charge on any atom is -0.326 e. The highest BCUT2D eigenvalue weighted by Gasteiger charge is 2.13. The molecule has 1 aromatic heterocycles. The summed E-state index contributed by atoms with van der Waals surface area (Å²) in [6.45, 7) is 3.30. The Bertz CT molecular complexity index is 930. The van der Waals surface area contributed by atoms with Crippen molar-refractivity contribution in [2.24, 2.45) is 0 Å². The van der Waals surface area contributed by atoms with Gasteiger partial charge in [-0.05, 0) is 36.8 Å². The van der Waals surface area contributed by atoms with Crippen LogP contribution in [0.1, 0.15) is 22.8 Å². The SMILES string of the molecule is CC(=O)Nc1cccc(NC(=O)c2ccnc3ccccc23)c1C. The standard InChI is InChI=1S/C19H17N3O2/c1-12-16(21-13(2)23)8-5-9-17(12)22-19(24)15-10-11-20-18-7-4-3-6-14(15)18/h3-11H,1-2H3,(H,21,23)(H,22,24). The second kappa shape index (κ2) is 6.50. The Kier molecular flexibility index (Phi) is 4.24. The van der Waals surface area contributed by atoms with Gasteiger partial charge in [-0.25, -0.2) is 0 Å². The highest BCUT2D eigenvalue weighted by molar-refractivity contribution is 6.12. The molecule has 0 aliphatic carbocycles. The molecule has 2 N–H and O–H groups in total. The molecule has 5 nitrogen and oxygen atoms in total. The van der Waals surface area contributed by atoms with E-state index >= 15 is 0 Å². The second-order valence-electron chi connectivity index (χ2n) is 5.49. The molecule has 3 rings (SSSR count). The lowest BCUT2D eigenvalue weighted by molar-refractivity contribution is -0.114. The first-order chi connectivity index (χ1) is 11.6. The summed E-state index contributed by atoms with van der Waals surface area (Å²) in [5.41, 5.74) is 3.48. The molecule has 2 aromatic carbocycles. The Morgan fingerprint density at radius 3 is 2.38 bits per heavy atom. The van der Waals surface area contributed by atoms with Crippen molar-refractivity contribution in [2.45, 2.75) is 13.8 Å². The number of amides is 2. The van der Waals surface area contributed by atoms with E-state index in [1.807, 2.05) is 37.3 Å². The molecule has 0 bridgehead atoms. The van der Waals surface area contributed by atoms with Gasteiger partial charge in [0, 0.05) is 29.9 Å². The van der Waals surface area contributed by atoms with E-state index in [9.17, 15) is 9.59 Å². The molecule has 0 saturated carbocycles. The van der Waals surface area contributed by atoms with Crippen molar-refractivity contribution in [3.63, 3.8) is 0 Å². The second-order valence-corrected chi connectivity index (χ2v) is 5.49. The number of benzene rings is 2. The number of rotatable bonds is 3. The van der Waals surface area contributed by atoms with Crippen LogP contribution >= 0.6 is 0 Å². The maximum absolute atomic E-state index is 12.7. The normalized spacial score (nSPS) is 10.4. The molecular formula is C19H17N3O2. The lowest BCUT2D eigenvalue weighted by Crippen LogP contribution is -2.14. The van der Waals surface area contributed by atoms with E-state index in [-0.39, 0.29) is 11.8 Å². The van der Waals surface area contributed by atoms with Crippen molar-refractivity contribution in [3.05, 3.63) is 65.9 Å². The summed E-state index contributed by atoms with van der Waals surface area (Å²) in [5.74, 6) is -0.363. The monoisotopic (exact) mass is 319 g/mol. The summed E-state index contributed by atoms with van der Waals surface area (Å²) < 4.78 is 0. The van der Waals surface area contributed by atoms with Crippen LogP contribution in [0.15, 0.2) is 54.7 Å². The molecule has 24 heavy (non-hydrogen) atoms. The summed E-state index contributed by atoms with van der Waals surface area (Å²) >= 11 is 0. The largest absolute Gasteiger partial charge is 0.326 e. The molecule has 2 amide bonds. The van der Waals surface area contributed by atoms with Crippen LogP contribution in [0.4, 0.5) is 11.4 Å². The zero-order chi connectivity index (χ0) is 17.1. The number of carbonyl (C=O) groups is 2. The van der Waals surface area contributed by atoms with Crippen LogP contribution in [0.2, 0.25) is 0 Å². The smallest absolute Gasteiger partial charge is 0.256 e. The third kappa shape index (κ3) is 3.10. The Balaban J connectivity index is 1.94. The Hall–Kier alpha value is -3.21. The van der Waals surface area contributed by atoms with Crippen LogP contribution in [-0.4, -0.2) is 16.8 Å². The number of hydrogen-bond donors (Lipinski definition) is 2. The van der Waals surface area contributed by atoms with E-state index in [1.165, 1.54) is 6.92 Å². The van der Waals surface area contributed by atoms with Gasteiger partial charge in [-0.3, -0.25) is 14.6 Å². The number of fused-ring (bicyclic) bond motifs is 1. The van der Waals surface area contributed by atoms with Crippen molar-refractivity contribution in [1.82, 2.24) is 4.98 Å². The van der Waals surface area contributed by atoms with Crippen molar-refractivity contribution >= 4 is 34.1 Å². The third-order valence-electron chi connectivity index (χ3n) is 3.79. The van der Waals surface area contributed by atoms with Gasteiger partial charge in [0.15, 0.2) is 0 Å². The van der Waals surface area contributed by atoms with Gasteiger partial charge in [-0.1, -0.05) is 24.3 Å². The van der Waals surface area contributed by atoms with Gasteiger partial charge in [0.1, 0.15) is 0 Å². The van der Waals surface area contributed by atoms with Gasteiger partial charge < -0.3 is 10.6 Å². The highest BCUT2D eigenvalue weighted by atomic mass is 16.2. The van der Waals surface area contributed by atoms with Gasteiger partial charge in [-0.15, -0.1) is 0 Å². The van der Waals surface area contributed by atoms with Crippen LogP contribution < -0.4 is 10.6 Å². The third-order valence-corrected chi connectivity index (χ3v) is 3.79. The fourth-order valence-corrected chi connectivity index (χ4v) is 2.58. The van der Waals surface area contributed by atoms with Crippen molar-refractivity contribution < 1.29 is 9.59 Å². The minimum atomic E-state index is -0.211. The van der Waals surface area contributed by atoms with E-state index in [2.05, 4.69) is 15.6 Å².